The Balaban J connectivity index is 2.26. The summed E-state index contributed by atoms with van der Waals surface area (Å²) in [6, 6.07) is 7.76. The Morgan fingerprint density at radius 2 is 2.18 bits per heavy atom. The molecular formula is C17H22N2O2S. The Kier molecular flexibility index (Phi) is 5.69. The molecular weight excluding hydrogens is 296 g/mol. The summed E-state index contributed by atoms with van der Waals surface area (Å²) in [4.78, 5) is 12.2. The first-order valence-corrected chi connectivity index (χ1v) is 8.65. The highest BCUT2D eigenvalue weighted by atomic mass is 32.2. The Hall–Kier alpha value is -1.72. The van der Waals surface area contributed by atoms with E-state index >= 15 is 0 Å². The summed E-state index contributed by atoms with van der Waals surface area (Å²) < 4.78 is 12.3. The van der Waals surface area contributed by atoms with Crippen LogP contribution in [0.5, 0.6) is 0 Å². The zero-order valence-electron chi connectivity index (χ0n) is 13.0. The van der Waals surface area contributed by atoms with Crippen LogP contribution in [-0.2, 0) is 15.6 Å². The lowest BCUT2D eigenvalue weighted by Crippen LogP contribution is -2.53. The minimum atomic E-state index is -1.08. The third-order valence-electron chi connectivity index (χ3n) is 3.75. The molecule has 1 aliphatic rings. The minimum Gasteiger partial charge on any atom is -0.291 e. The molecule has 0 aromatic heterocycles. The van der Waals surface area contributed by atoms with Gasteiger partial charge in [0.1, 0.15) is 0 Å². The minimum absolute atomic E-state index is 0.0176. The van der Waals surface area contributed by atoms with Gasteiger partial charge >= 0.3 is 0 Å². The normalized spacial score (nSPS) is 23.7. The summed E-state index contributed by atoms with van der Waals surface area (Å²) in [5.41, 5.74) is 7.79. The van der Waals surface area contributed by atoms with Crippen LogP contribution in [0.3, 0.4) is 0 Å². The van der Waals surface area contributed by atoms with Crippen molar-refractivity contribution >= 4 is 22.8 Å². The molecule has 0 saturated carbocycles. The molecule has 4 nitrogen and oxygen atoms in total. The van der Waals surface area contributed by atoms with Crippen molar-refractivity contribution in [1.29, 1.82) is 0 Å². The van der Waals surface area contributed by atoms with Gasteiger partial charge in [-0.3, -0.25) is 14.4 Å². The van der Waals surface area contributed by atoms with Gasteiger partial charge in [0.05, 0.1) is 16.8 Å². The van der Waals surface area contributed by atoms with Gasteiger partial charge in [0.2, 0.25) is 5.91 Å². The number of hydrogen-bond acceptors (Lipinski definition) is 3. The summed E-state index contributed by atoms with van der Waals surface area (Å²) in [6.45, 7) is 7.73. The van der Waals surface area contributed by atoms with Crippen LogP contribution in [0.2, 0.25) is 0 Å². The van der Waals surface area contributed by atoms with E-state index in [2.05, 4.69) is 24.4 Å². The summed E-state index contributed by atoms with van der Waals surface area (Å²) in [5.74, 6) is 0.678. The predicted molar refractivity (Wildman–Crippen MR) is 90.4 cm³/mol. The maximum Gasteiger partial charge on any atom is 0.234 e. The molecule has 3 atom stereocenters. The lowest BCUT2D eigenvalue weighted by Gasteiger charge is -2.30. The van der Waals surface area contributed by atoms with Crippen LogP contribution in [-0.4, -0.2) is 21.9 Å². The summed E-state index contributed by atoms with van der Waals surface area (Å²) in [7, 11) is -1.08. The monoisotopic (exact) mass is 318 g/mol. The summed E-state index contributed by atoms with van der Waals surface area (Å²) in [5, 5.41) is 0. The number of hydrogen-bond donors (Lipinski definition) is 2. The van der Waals surface area contributed by atoms with Gasteiger partial charge in [-0.2, -0.15) is 0 Å². The van der Waals surface area contributed by atoms with Crippen molar-refractivity contribution in [3.05, 3.63) is 48.1 Å². The lowest BCUT2D eigenvalue weighted by molar-refractivity contribution is -0.125. The molecule has 1 aliphatic heterocycles. The Bertz CT molecular complexity index is 625. The van der Waals surface area contributed by atoms with Crippen molar-refractivity contribution in [2.45, 2.75) is 31.2 Å². The van der Waals surface area contributed by atoms with E-state index in [0.29, 0.717) is 12.2 Å². The molecule has 1 saturated heterocycles. The lowest BCUT2D eigenvalue weighted by atomic mass is 9.90. The molecule has 118 valence electrons. The quantitative estimate of drug-likeness (QED) is 0.820. The smallest absolute Gasteiger partial charge is 0.234 e. The molecule has 2 N–H and O–H groups in total. The number of carbonyl (C=O) groups excluding carboxylic acids is 1. The molecule has 5 heteroatoms. The fraction of sp³-hybridized carbons (Fsp3) is 0.353. The fourth-order valence-electron chi connectivity index (χ4n) is 2.66. The van der Waals surface area contributed by atoms with Gasteiger partial charge in [-0.1, -0.05) is 42.8 Å². The Morgan fingerprint density at radius 3 is 2.86 bits per heavy atom. The molecule has 1 fully saturated rings. The highest BCUT2D eigenvalue weighted by molar-refractivity contribution is 7.85. The molecule has 0 spiro atoms. The van der Waals surface area contributed by atoms with Crippen LogP contribution in [0, 0.1) is 5.92 Å². The maximum absolute atomic E-state index is 12.3. The van der Waals surface area contributed by atoms with Gasteiger partial charge < -0.3 is 0 Å². The largest absolute Gasteiger partial charge is 0.291 e. The van der Waals surface area contributed by atoms with E-state index in [-0.39, 0.29) is 17.9 Å². The van der Waals surface area contributed by atoms with Crippen molar-refractivity contribution in [3.63, 3.8) is 0 Å². The highest BCUT2D eigenvalue weighted by Crippen LogP contribution is 2.23. The third kappa shape index (κ3) is 3.93. The van der Waals surface area contributed by atoms with Gasteiger partial charge in [-0.25, -0.2) is 5.43 Å². The number of benzene rings is 1. The zero-order valence-corrected chi connectivity index (χ0v) is 13.8. The predicted octanol–water partition coefficient (Wildman–Crippen LogP) is 2.41. The molecule has 1 amide bonds. The second-order valence-electron chi connectivity index (χ2n) is 5.58. The Morgan fingerprint density at radius 1 is 1.45 bits per heavy atom. The second-order valence-corrected chi connectivity index (χ2v) is 7.04. The van der Waals surface area contributed by atoms with Crippen LogP contribution in [0.25, 0.3) is 6.08 Å². The van der Waals surface area contributed by atoms with Crippen molar-refractivity contribution in [2.75, 3.05) is 5.75 Å². The average molecular weight is 318 g/mol. The topological polar surface area (TPSA) is 58.2 Å². The third-order valence-corrected chi connectivity index (χ3v) is 5.15. The van der Waals surface area contributed by atoms with Crippen LogP contribution in [0.15, 0.2) is 47.4 Å². The van der Waals surface area contributed by atoms with E-state index in [9.17, 15) is 9.00 Å². The van der Waals surface area contributed by atoms with Gasteiger partial charge in [0.25, 0.3) is 0 Å². The summed E-state index contributed by atoms with van der Waals surface area (Å²) in [6.07, 6.45) is 4.22. The number of carbonyl (C=O) groups is 1. The van der Waals surface area contributed by atoms with Crippen molar-refractivity contribution in [2.24, 2.45) is 5.92 Å². The number of hydrazine groups is 1. The standard InChI is InChI=1S/C17H22N2O2S/c1-4-9-22(21)15-8-6-5-7-14(15)10-12(2)17-13(3)11-16(20)18-19-17/h4-8,10,13,17,19H,1,9,11H2,2-3H3,(H,18,20)/b12-10+. The molecule has 22 heavy (non-hydrogen) atoms. The maximum atomic E-state index is 12.3. The number of amides is 1. The van der Waals surface area contributed by atoms with Gasteiger partial charge in [-0.05, 0) is 24.5 Å². The van der Waals surface area contributed by atoms with Crippen LogP contribution >= 0.6 is 0 Å². The van der Waals surface area contributed by atoms with E-state index in [4.69, 9.17) is 0 Å². The van der Waals surface area contributed by atoms with E-state index in [0.717, 1.165) is 16.0 Å². The molecule has 1 heterocycles. The molecule has 0 radical (unpaired) electrons. The average Bonchev–Trinajstić information content (AvgIpc) is 2.47. The molecule has 1 aromatic carbocycles. The van der Waals surface area contributed by atoms with Crippen LogP contribution in [0.4, 0.5) is 0 Å². The van der Waals surface area contributed by atoms with Crippen molar-refractivity contribution < 1.29 is 9.00 Å². The molecule has 1 aromatic rings. The zero-order chi connectivity index (χ0) is 16.1. The summed E-state index contributed by atoms with van der Waals surface area (Å²) >= 11 is 0. The fourth-order valence-corrected chi connectivity index (χ4v) is 3.68. The van der Waals surface area contributed by atoms with E-state index in [1.54, 1.807) is 6.08 Å². The van der Waals surface area contributed by atoms with E-state index in [1.165, 1.54) is 0 Å². The molecule has 3 unspecified atom stereocenters. The van der Waals surface area contributed by atoms with Crippen LogP contribution < -0.4 is 10.9 Å². The van der Waals surface area contributed by atoms with Crippen molar-refractivity contribution in [3.8, 4) is 0 Å². The molecule has 2 rings (SSSR count). The van der Waals surface area contributed by atoms with Gasteiger partial charge in [0.15, 0.2) is 0 Å². The van der Waals surface area contributed by atoms with Crippen LogP contribution in [0.1, 0.15) is 25.8 Å². The van der Waals surface area contributed by atoms with Crippen molar-refractivity contribution in [1.82, 2.24) is 10.9 Å². The first-order valence-electron chi connectivity index (χ1n) is 7.33. The SMILES string of the molecule is C=CCS(=O)c1ccccc1/C=C(\C)C1NNC(=O)CC1C. The number of nitrogens with one attached hydrogen (secondary N) is 2. The first kappa shape index (κ1) is 16.6. The molecule has 0 bridgehead atoms. The second kappa shape index (κ2) is 7.51. The number of rotatable bonds is 5. The first-order chi connectivity index (χ1) is 10.5. The van der Waals surface area contributed by atoms with E-state index < -0.39 is 10.8 Å². The Labute approximate surface area is 134 Å². The van der Waals surface area contributed by atoms with Gasteiger partial charge in [0, 0.05) is 17.1 Å². The highest BCUT2D eigenvalue weighted by Gasteiger charge is 2.26. The molecule has 0 aliphatic carbocycles. The van der Waals surface area contributed by atoms with Gasteiger partial charge in [-0.15, -0.1) is 6.58 Å². The van der Waals surface area contributed by atoms with E-state index in [1.807, 2.05) is 37.3 Å².